The summed E-state index contributed by atoms with van der Waals surface area (Å²) in [5.41, 5.74) is 1.37. The van der Waals surface area contributed by atoms with Crippen LogP contribution in [0.25, 0.3) is 6.08 Å². The van der Waals surface area contributed by atoms with E-state index < -0.39 is 0 Å². The quantitative estimate of drug-likeness (QED) is 0.504. The zero-order chi connectivity index (χ0) is 17.8. The van der Waals surface area contributed by atoms with E-state index in [1.807, 2.05) is 6.92 Å². The maximum absolute atomic E-state index is 12.8. The van der Waals surface area contributed by atoms with E-state index in [9.17, 15) is 9.18 Å². The van der Waals surface area contributed by atoms with Crippen LogP contribution >= 0.6 is 0 Å². The van der Waals surface area contributed by atoms with Crippen molar-refractivity contribution in [3.05, 3.63) is 77.3 Å². The molecule has 3 rings (SSSR count). The van der Waals surface area contributed by atoms with Gasteiger partial charge in [-0.3, -0.25) is 9.48 Å². The zero-order valence-electron chi connectivity index (χ0n) is 13.9. The molecule has 5 nitrogen and oxygen atoms in total. The Morgan fingerprint density at radius 2 is 2.04 bits per heavy atom. The second-order valence-electron chi connectivity index (χ2n) is 5.51. The fourth-order valence-corrected chi connectivity index (χ4v) is 2.24. The van der Waals surface area contributed by atoms with Crippen LogP contribution in [-0.4, -0.2) is 15.6 Å². The first-order chi connectivity index (χ1) is 12.0. The topological polar surface area (TPSA) is 57.3 Å². The van der Waals surface area contributed by atoms with Gasteiger partial charge in [-0.05, 0) is 55.5 Å². The van der Waals surface area contributed by atoms with Crippen LogP contribution in [0.15, 0.2) is 53.1 Å². The number of aryl methyl sites for hydroxylation is 1. The first-order valence-electron chi connectivity index (χ1n) is 7.71. The van der Waals surface area contributed by atoms with Crippen molar-refractivity contribution < 1.29 is 18.3 Å². The van der Waals surface area contributed by atoms with Gasteiger partial charge < -0.3 is 9.15 Å². The summed E-state index contributed by atoms with van der Waals surface area (Å²) in [6, 6.07) is 9.28. The van der Waals surface area contributed by atoms with Gasteiger partial charge in [-0.1, -0.05) is 0 Å². The van der Waals surface area contributed by atoms with E-state index in [0.717, 1.165) is 5.69 Å². The molecule has 0 aliphatic heterocycles. The van der Waals surface area contributed by atoms with E-state index in [0.29, 0.717) is 22.8 Å². The molecular weight excluding hydrogens is 323 g/mol. The molecule has 0 atom stereocenters. The molecule has 0 saturated carbocycles. The molecule has 0 aliphatic carbocycles. The van der Waals surface area contributed by atoms with Gasteiger partial charge in [-0.15, -0.1) is 0 Å². The number of allylic oxidation sites excluding steroid dienone is 1. The number of aromatic nitrogens is 2. The van der Waals surface area contributed by atoms with Gasteiger partial charge in [-0.25, -0.2) is 4.39 Å². The van der Waals surface area contributed by atoms with Crippen molar-refractivity contribution in [3.63, 3.8) is 0 Å². The van der Waals surface area contributed by atoms with Crippen LogP contribution in [-0.2, 0) is 13.7 Å². The van der Waals surface area contributed by atoms with Crippen molar-refractivity contribution in [1.82, 2.24) is 9.78 Å². The summed E-state index contributed by atoms with van der Waals surface area (Å²) in [5.74, 6) is 1.26. The van der Waals surface area contributed by atoms with E-state index in [4.69, 9.17) is 9.15 Å². The van der Waals surface area contributed by atoms with Gasteiger partial charge in [0.2, 0.25) is 0 Å². The Kier molecular flexibility index (Phi) is 4.79. The molecule has 0 N–H and O–H groups in total. The maximum atomic E-state index is 12.8. The van der Waals surface area contributed by atoms with Crippen LogP contribution in [0.5, 0.6) is 5.75 Å². The average Bonchev–Trinajstić information content (AvgIpc) is 3.20. The molecule has 0 aliphatic rings. The normalized spacial score (nSPS) is 11.2. The van der Waals surface area contributed by atoms with Gasteiger partial charge in [-0.2, -0.15) is 5.10 Å². The third-order valence-corrected chi connectivity index (χ3v) is 3.78. The van der Waals surface area contributed by atoms with E-state index in [1.165, 1.54) is 18.2 Å². The minimum Gasteiger partial charge on any atom is -0.486 e. The molecule has 2 heterocycles. The summed E-state index contributed by atoms with van der Waals surface area (Å²) in [4.78, 5) is 12.2. The monoisotopic (exact) mass is 340 g/mol. The van der Waals surface area contributed by atoms with E-state index in [-0.39, 0.29) is 18.2 Å². The number of ether oxygens (including phenoxy) is 1. The van der Waals surface area contributed by atoms with Gasteiger partial charge in [0.15, 0.2) is 5.78 Å². The molecule has 25 heavy (non-hydrogen) atoms. The molecule has 0 unspecified atom stereocenters. The van der Waals surface area contributed by atoms with Crippen LogP contribution in [0.2, 0.25) is 0 Å². The Morgan fingerprint density at radius 3 is 2.72 bits per heavy atom. The number of hydrogen-bond donors (Lipinski definition) is 0. The second-order valence-corrected chi connectivity index (χ2v) is 5.51. The molecule has 0 fully saturated rings. The molecule has 3 aromatic rings. The number of carbonyl (C=O) groups excluding carboxylic acids is 1. The van der Waals surface area contributed by atoms with Gasteiger partial charge in [0.05, 0.1) is 11.8 Å². The van der Waals surface area contributed by atoms with Crippen LogP contribution in [0.4, 0.5) is 4.39 Å². The van der Waals surface area contributed by atoms with Gasteiger partial charge in [0, 0.05) is 12.7 Å². The third kappa shape index (κ3) is 4.03. The lowest BCUT2D eigenvalue weighted by Crippen LogP contribution is -1.98. The summed E-state index contributed by atoms with van der Waals surface area (Å²) in [6.07, 6.45) is 4.61. The lowest BCUT2D eigenvalue weighted by molar-refractivity contribution is 0.104. The fourth-order valence-electron chi connectivity index (χ4n) is 2.24. The highest BCUT2D eigenvalue weighted by Gasteiger charge is 2.10. The summed E-state index contributed by atoms with van der Waals surface area (Å²) >= 11 is 0. The minimum absolute atomic E-state index is 0.133. The largest absolute Gasteiger partial charge is 0.486 e. The fraction of sp³-hybridized carbons (Fsp3) is 0.158. The smallest absolute Gasteiger partial charge is 0.189 e. The first-order valence-corrected chi connectivity index (χ1v) is 7.71. The number of nitrogens with zero attached hydrogens (tertiary/aromatic N) is 2. The van der Waals surface area contributed by atoms with Crippen molar-refractivity contribution in [1.29, 1.82) is 0 Å². The molecule has 1 aromatic carbocycles. The highest BCUT2D eigenvalue weighted by Crippen LogP contribution is 2.16. The Balaban J connectivity index is 1.60. The number of hydrogen-bond acceptors (Lipinski definition) is 4. The Labute approximate surface area is 144 Å². The number of rotatable bonds is 6. The van der Waals surface area contributed by atoms with Crippen molar-refractivity contribution in [2.75, 3.05) is 0 Å². The zero-order valence-corrected chi connectivity index (χ0v) is 13.9. The molecule has 0 saturated heterocycles. The second kappa shape index (κ2) is 7.17. The molecule has 0 bridgehead atoms. The Morgan fingerprint density at radius 1 is 1.28 bits per heavy atom. The number of furan rings is 1. The Hall–Kier alpha value is -3.15. The van der Waals surface area contributed by atoms with Crippen LogP contribution in [0.3, 0.4) is 0 Å². The molecule has 0 spiro atoms. The van der Waals surface area contributed by atoms with E-state index >= 15 is 0 Å². The summed E-state index contributed by atoms with van der Waals surface area (Å²) in [6.45, 7) is 2.06. The number of benzene rings is 1. The van der Waals surface area contributed by atoms with Crippen LogP contribution < -0.4 is 4.74 Å². The lowest BCUT2D eigenvalue weighted by atomic mass is 10.1. The average molecular weight is 340 g/mol. The lowest BCUT2D eigenvalue weighted by Gasteiger charge is -2.03. The van der Waals surface area contributed by atoms with E-state index in [2.05, 4.69) is 5.10 Å². The molecule has 128 valence electrons. The molecule has 6 heteroatoms. The number of halogens is 1. The van der Waals surface area contributed by atoms with Crippen molar-refractivity contribution in [2.45, 2.75) is 13.5 Å². The van der Waals surface area contributed by atoms with Crippen LogP contribution in [0, 0.1) is 12.7 Å². The minimum atomic E-state index is -0.314. The summed E-state index contributed by atoms with van der Waals surface area (Å²) < 4.78 is 25.6. The number of carbonyl (C=O) groups is 1. The standard InChI is InChI=1S/C19H17FN2O3/c1-13-18(11-21-22(13)2)19(23)10-9-16-7-8-17(25-16)12-24-15-5-3-14(20)4-6-15/h3-11H,12H2,1-2H3/b10-9+. The predicted octanol–water partition coefficient (Wildman–Crippen LogP) is 3.94. The summed E-state index contributed by atoms with van der Waals surface area (Å²) in [7, 11) is 1.79. The SMILES string of the molecule is Cc1c(C(=O)/C=C/c2ccc(COc3ccc(F)cc3)o2)cnn1C. The molecular formula is C19H17FN2O3. The predicted molar refractivity (Wildman–Crippen MR) is 90.7 cm³/mol. The molecule has 0 radical (unpaired) electrons. The maximum Gasteiger partial charge on any atom is 0.189 e. The van der Waals surface area contributed by atoms with Gasteiger partial charge >= 0.3 is 0 Å². The third-order valence-electron chi connectivity index (χ3n) is 3.78. The summed E-state index contributed by atoms with van der Waals surface area (Å²) in [5, 5.41) is 4.05. The highest BCUT2D eigenvalue weighted by molar-refractivity contribution is 6.07. The molecule has 0 amide bonds. The van der Waals surface area contributed by atoms with Gasteiger partial charge in [0.25, 0.3) is 0 Å². The molecule has 2 aromatic heterocycles. The van der Waals surface area contributed by atoms with Crippen LogP contribution in [0.1, 0.15) is 27.6 Å². The highest BCUT2D eigenvalue weighted by atomic mass is 19.1. The van der Waals surface area contributed by atoms with E-state index in [1.54, 1.807) is 48.3 Å². The van der Waals surface area contributed by atoms with Crippen molar-refractivity contribution in [2.24, 2.45) is 7.05 Å². The first kappa shape index (κ1) is 16.7. The Bertz CT molecular complexity index is 907. The van der Waals surface area contributed by atoms with Gasteiger partial charge in [0.1, 0.15) is 29.7 Å². The number of ketones is 1. The van der Waals surface area contributed by atoms with Crippen molar-refractivity contribution in [3.8, 4) is 5.75 Å². The van der Waals surface area contributed by atoms with Crippen molar-refractivity contribution >= 4 is 11.9 Å².